The van der Waals surface area contributed by atoms with Gasteiger partial charge in [0.05, 0.1) is 6.10 Å². The highest BCUT2D eigenvalue weighted by atomic mass is 16.5. The number of nitrogens with two attached hydrogens (primary N) is 1. The first-order chi connectivity index (χ1) is 8.52. The van der Waals surface area contributed by atoms with Gasteiger partial charge >= 0.3 is 0 Å². The Morgan fingerprint density at radius 3 is 2.89 bits per heavy atom. The lowest BCUT2D eigenvalue weighted by molar-refractivity contribution is 0.232. The SMILES string of the molecule is CC(C)Oc1cc(N2CCC(C)(CN)C2)ncn1. The monoisotopic (exact) mass is 250 g/mol. The summed E-state index contributed by atoms with van der Waals surface area (Å²) >= 11 is 0. The molecule has 0 spiro atoms. The maximum Gasteiger partial charge on any atom is 0.218 e. The van der Waals surface area contributed by atoms with Gasteiger partial charge in [0.1, 0.15) is 12.1 Å². The van der Waals surface area contributed by atoms with Crippen LogP contribution in [-0.4, -0.2) is 35.7 Å². The molecular formula is C13H22N4O. The molecule has 2 N–H and O–H groups in total. The highest BCUT2D eigenvalue weighted by Gasteiger charge is 2.33. The average molecular weight is 250 g/mol. The Morgan fingerprint density at radius 2 is 2.28 bits per heavy atom. The largest absolute Gasteiger partial charge is 0.475 e. The van der Waals surface area contributed by atoms with Crippen molar-refractivity contribution in [1.82, 2.24) is 9.97 Å². The Bertz CT molecular complexity index is 410. The Hall–Kier alpha value is -1.36. The third-order valence-corrected chi connectivity index (χ3v) is 3.36. The van der Waals surface area contributed by atoms with Gasteiger partial charge in [-0.2, -0.15) is 0 Å². The molecule has 0 aromatic carbocycles. The third-order valence-electron chi connectivity index (χ3n) is 3.36. The molecular weight excluding hydrogens is 228 g/mol. The van der Waals surface area contributed by atoms with Crippen LogP contribution in [-0.2, 0) is 0 Å². The second-order valence-electron chi connectivity index (χ2n) is 5.57. The zero-order valence-corrected chi connectivity index (χ0v) is 11.4. The molecule has 0 aliphatic carbocycles. The summed E-state index contributed by atoms with van der Waals surface area (Å²) in [6.07, 6.45) is 2.79. The van der Waals surface area contributed by atoms with Crippen molar-refractivity contribution in [3.63, 3.8) is 0 Å². The van der Waals surface area contributed by atoms with E-state index in [4.69, 9.17) is 10.5 Å². The molecule has 18 heavy (non-hydrogen) atoms. The molecule has 1 fully saturated rings. The quantitative estimate of drug-likeness (QED) is 0.876. The van der Waals surface area contributed by atoms with Crippen molar-refractivity contribution in [2.75, 3.05) is 24.5 Å². The van der Waals surface area contributed by atoms with Crippen molar-refractivity contribution in [2.45, 2.75) is 33.3 Å². The summed E-state index contributed by atoms with van der Waals surface area (Å²) in [7, 11) is 0. The standard InChI is InChI=1S/C13H22N4O/c1-10(2)18-12-6-11(15-9-16-12)17-5-4-13(3,7-14)8-17/h6,9-10H,4-5,7-8,14H2,1-3H3. The lowest BCUT2D eigenvalue weighted by Crippen LogP contribution is -2.31. The van der Waals surface area contributed by atoms with Crippen LogP contribution >= 0.6 is 0 Å². The fraction of sp³-hybridized carbons (Fsp3) is 0.692. The summed E-state index contributed by atoms with van der Waals surface area (Å²) in [5.74, 6) is 1.56. The molecule has 2 heterocycles. The minimum Gasteiger partial charge on any atom is -0.475 e. The maximum absolute atomic E-state index is 5.82. The summed E-state index contributed by atoms with van der Waals surface area (Å²) in [5, 5.41) is 0. The van der Waals surface area contributed by atoms with Crippen LogP contribution in [0.1, 0.15) is 27.2 Å². The van der Waals surface area contributed by atoms with Crippen LogP contribution in [0.25, 0.3) is 0 Å². The Balaban J connectivity index is 2.10. The van der Waals surface area contributed by atoms with Gasteiger partial charge < -0.3 is 15.4 Å². The van der Waals surface area contributed by atoms with Gasteiger partial charge in [0.15, 0.2) is 0 Å². The number of ether oxygens (including phenoxy) is 1. The fourth-order valence-corrected chi connectivity index (χ4v) is 2.19. The van der Waals surface area contributed by atoms with E-state index in [0.717, 1.165) is 25.3 Å². The molecule has 2 rings (SSSR count). The molecule has 0 radical (unpaired) electrons. The highest BCUT2D eigenvalue weighted by Crippen LogP contribution is 2.31. The molecule has 1 atom stereocenters. The van der Waals surface area contributed by atoms with Gasteiger partial charge in [-0.15, -0.1) is 0 Å². The minimum absolute atomic E-state index is 0.126. The normalized spacial score (nSPS) is 23.7. The van der Waals surface area contributed by atoms with Gasteiger partial charge in [0.2, 0.25) is 5.88 Å². The molecule has 1 aliphatic heterocycles. The second kappa shape index (κ2) is 5.10. The number of nitrogens with zero attached hydrogens (tertiary/aromatic N) is 3. The van der Waals surface area contributed by atoms with E-state index in [2.05, 4.69) is 21.8 Å². The molecule has 1 aromatic heterocycles. The molecule has 1 unspecified atom stereocenters. The topological polar surface area (TPSA) is 64.3 Å². The van der Waals surface area contributed by atoms with E-state index < -0.39 is 0 Å². The molecule has 5 nitrogen and oxygen atoms in total. The van der Waals surface area contributed by atoms with E-state index in [1.165, 1.54) is 0 Å². The second-order valence-corrected chi connectivity index (χ2v) is 5.57. The molecule has 0 saturated carbocycles. The van der Waals surface area contributed by atoms with Gasteiger partial charge in [0.25, 0.3) is 0 Å². The van der Waals surface area contributed by atoms with Crippen LogP contribution in [0.15, 0.2) is 12.4 Å². The van der Waals surface area contributed by atoms with E-state index in [0.29, 0.717) is 12.4 Å². The number of hydrogen-bond donors (Lipinski definition) is 1. The van der Waals surface area contributed by atoms with Gasteiger partial charge in [-0.05, 0) is 32.2 Å². The molecule has 1 saturated heterocycles. The van der Waals surface area contributed by atoms with E-state index in [1.54, 1.807) is 6.33 Å². The summed E-state index contributed by atoms with van der Waals surface area (Å²) in [6.45, 7) is 8.85. The lowest BCUT2D eigenvalue weighted by Gasteiger charge is -2.23. The molecule has 100 valence electrons. The van der Waals surface area contributed by atoms with Gasteiger partial charge in [-0.25, -0.2) is 9.97 Å². The van der Waals surface area contributed by atoms with Crippen LogP contribution in [0.2, 0.25) is 0 Å². The van der Waals surface area contributed by atoms with E-state index in [1.807, 2.05) is 19.9 Å². The molecule has 1 aromatic rings. The van der Waals surface area contributed by atoms with Crippen molar-refractivity contribution in [3.8, 4) is 5.88 Å². The molecule has 0 amide bonds. The summed E-state index contributed by atoms with van der Waals surface area (Å²) in [5.41, 5.74) is 6.02. The average Bonchev–Trinajstić information content (AvgIpc) is 2.72. The third kappa shape index (κ3) is 2.90. The maximum atomic E-state index is 5.82. The van der Waals surface area contributed by atoms with Crippen LogP contribution in [0.4, 0.5) is 5.82 Å². The van der Waals surface area contributed by atoms with E-state index >= 15 is 0 Å². The first kappa shape index (κ1) is 13.1. The zero-order valence-electron chi connectivity index (χ0n) is 11.4. The summed E-state index contributed by atoms with van der Waals surface area (Å²) in [6, 6.07) is 1.91. The molecule has 0 bridgehead atoms. The van der Waals surface area contributed by atoms with E-state index in [9.17, 15) is 0 Å². The van der Waals surface area contributed by atoms with Gasteiger partial charge in [-0.3, -0.25) is 0 Å². The summed E-state index contributed by atoms with van der Waals surface area (Å²) < 4.78 is 5.59. The van der Waals surface area contributed by atoms with Crippen LogP contribution in [0.3, 0.4) is 0 Å². The van der Waals surface area contributed by atoms with Crippen molar-refractivity contribution < 1.29 is 4.74 Å². The Morgan fingerprint density at radius 1 is 1.50 bits per heavy atom. The smallest absolute Gasteiger partial charge is 0.218 e. The first-order valence-electron chi connectivity index (χ1n) is 6.46. The Labute approximate surface area is 108 Å². The van der Waals surface area contributed by atoms with E-state index in [-0.39, 0.29) is 11.5 Å². The highest BCUT2D eigenvalue weighted by molar-refractivity contribution is 5.42. The first-order valence-corrected chi connectivity index (χ1v) is 6.46. The predicted octanol–water partition coefficient (Wildman–Crippen LogP) is 1.44. The zero-order chi connectivity index (χ0) is 13.2. The number of anilines is 1. The van der Waals surface area contributed by atoms with Crippen LogP contribution < -0.4 is 15.4 Å². The number of rotatable bonds is 4. The van der Waals surface area contributed by atoms with Crippen molar-refractivity contribution in [1.29, 1.82) is 0 Å². The Kier molecular flexibility index (Phi) is 3.71. The van der Waals surface area contributed by atoms with Crippen LogP contribution in [0.5, 0.6) is 5.88 Å². The molecule has 1 aliphatic rings. The predicted molar refractivity (Wildman–Crippen MR) is 71.8 cm³/mol. The number of hydrogen-bond acceptors (Lipinski definition) is 5. The summed E-state index contributed by atoms with van der Waals surface area (Å²) in [4.78, 5) is 10.7. The van der Waals surface area contributed by atoms with Crippen molar-refractivity contribution in [3.05, 3.63) is 12.4 Å². The fourth-order valence-electron chi connectivity index (χ4n) is 2.19. The lowest BCUT2D eigenvalue weighted by atomic mass is 9.90. The molecule has 5 heteroatoms. The van der Waals surface area contributed by atoms with Gasteiger partial charge in [-0.1, -0.05) is 6.92 Å². The van der Waals surface area contributed by atoms with Crippen molar-refractivity contribution >= 4 is 5.82 Å². The minimum atomic E-state index is 0.126. The van der Waals surface area contributed by atoms with Gasteiger partial charge in [0, 0.05) is 19.2 Å². The number of aromatic nitrogens is 2. The van der Waals surface area contributed by atoms with Crippen molar-refractivity contribution in [2.24, 2.45) is 11.1 Å². The van der Waals surface area contributed by atoms with Crippen LogP contribution in [0, 0.1) is 5.41 Å².